The first-order chi connectivity index (χ1) is 7.51. The van der Waals surface area contributed by atoms with Crippen LogP contribution in [0, 0.1) is 17.2 Å². The van der Waals surface area contributed by atoms with Gasteiger partial charge in [-0.1, -0.05) is 11.8 Å². The number of carbonyl (C=O) groups excluding carboxylic acids is 1. The highest BCUT2D eigenvalue weighted by Gasteiger charge is 2.42. The number of hydrazone groups is 1. The number of hydrogen-bond acceptors (Lipinski definition) is 5. The predicted molar refractivity (Wildman–Crippen MR) is 63.2 cm³/mol. The summed E-state index contributed by atoms with van der Waals surface area (Å²) < 4.78 is 0. The Balaban J connectivity index is 2.41. The van der Waals surface area contributed by atoms with E-state index in [0.29, 0.717) is 0 Å². The van der Waals surface area contributed by atoms with E-state index < -0.39 is 5.54 Å². The maximum Gasteiger partial charge on any atom is 0.231 e. The third-order valence-corrected chi connectivity index (χ3v) is 3.31. The fourth-order valence-corrected chi connectivity index (χ4v) is 1.81. The molecule has 1 rings (SSSR count). The molecule has 0 heterocycles. The Morgan fingerprint density at radius 3 is 2.81 bits per heavy atom. The summed E-state index contributed by atoms with van der Waals surface area (Å²) >= 11 is 1.05. The lowest BCUT2D eigenvalue weighted by atomic mass is 9.98. The highest BCUT2D eigenvalue weighted by molar-refractivity contribution is 8.14. The molecule has 0 aromatic heterocycles. The van der Waals surface area contributed by atoms with Crippen LogP contribution in [0.4, 0.5) is 0 Å². The van der Waals surface area contributed by atoms with Gasteiger partial charge in [0.15, 0.2) is 5.17 Å². The fourth-order valence-electron chi connectivity index (χ4n) is 1.38. The van der Waals surface area contributed by atoms with Crippen molar-refractivity contribution in [2.75, 3.05) is 5.75 Å². The molecule has 88 valence electrons. The van der Waals surface area contributed by atoms with Crippen molar-refractivity contribution in [1.29, 1.82) is 5.26 Å². The molecule has 0 bridgehead atoms. The summed E-state index contributed by atoms with van der Waals surface area (Å²) in [5.74, 6) is 5.09. The number of amidine groups is 1. The molecule has 1 unspecified atom stereocenters. The zero-order valence-corrected chi connectivity index (χ0v) is 9.88. The minimum atomic E-state index is -0.758. The van der Waals surface area contributed by atoms with E-state index >= 15 is 0 Å². The molecule has 7 heteroatoms. The number of nitriles is 1. The summed E-state index contributed by atoms with van der Waals surface area (Å²) in [7, 11) is 0. The second-order valence-electron chi connectivity index (χ2n) is 3.89. The molecular formula is C9H15N5OS. The first-order valence-electron chi connectivity index (χ1n) is 4.90. The molecule has 0 aliphatic heterocycles. The van der Waals surface area contributed by atoms with Crippen LogP contribution in [0.15, 0.2) is 5.10 Å². The minimum absolute atomic E-state index is 0.122. The Morgan fingerprint density at radius 2 is 2.38 bits per heavy atom. The Morgan fingerprint density at radius 1 is 1.75 bits per heavy atom. The van der Waals surface area contributed by atoms with Gasteiger partial charge < -0.3 is 16.9 Å². The second-order valence-corrected chi connectivity index (χ2v) is 4.89. The summed E-state index contributed by atoms with van der Waals surface area (Å²) in [6, 6.07) is 2.15. The molecule has 1 amide bonds. The number of nitrogens with zero attached hydrogens (tertiary/aromatic N) is 2. The predicted octanol–water partition coefficient (Wildman–Crippen LogP) is -0.284. The van der Waals surface area contributed by atoms with Crippen LogP contribution in [0.3, 0.4) is 0 Å². The van der Waals surface area contributed by atoms with Gasteiger partial charge >= 0.3 is 0 Å². The van der Waals surface area contributed by atoms with Crippen molar-refractivity contribution in [3.8, 4) is 6.07 Å². The van der Waals surface area contributed by atoms with Crippen molar-refractivity contribution in [3.63, 3.8) is 0 Å². The van der Waals surface area contributed by atoms with E-state index in [-0.39, 0.29) is 22.7 Å². The molecule has 0 spiro atoms. The summed E-state index contributed by atoms with van der Waals surface area (Å²) in [6.45, 7) is 1.74. The van der Waals surface area contributed by atoms with Crippen LogP contribution in [0.1, 0.15) is 19.8 Å². The molecule has 1 atom stereocenters. The van der Waals surface area contributed by atoms with E-state index in [9.17, 15) is 4.79 Å². The van der Waals surface area contributed by atoms with Crippen molar-refractivity contribution in [3.05, 3.63) is 0 Å². The summed E-state index contributed by atoms with van der Waals surface area (Å²) in [5.41, 5.74) is 4.57. The third-order valence-electron chi connectivity index (χ3n) is 2.50. The van der Waals surface area contributed by atoms with Crippen molar-refractivity contribution in [2.24, 2.45) is 22.6 Å². The molecule has 1 fully saturated rings. The van der Waals surface area contributed by atoms with Crippen LogP contribution >= 0.6 is 11.8 Å². The lowest BCUT2D eigenvalue weighted by Gasteiger charge is -2.22. The fraction of sp³-hybridized carbons (Fsp3) is 0.667. The van der Waals surface area contributed by atoms with Gasteiger partial charge in [-0.05, 0) is 25.7 Å². The molecule has 5 N–H and O–H groups in total. The Hall–Kier alpha value is -1.42. The van der Waals surface area contributed by atoms with Crippen LogP contribution in [0.5, 0.6) is 0 Å². The number of nitrogens with two attached hydrogens (primary N) is 2. The second kappa shape index (κ2) is 5.07. The molecule has 1 aliphatic carbocycles. The molecule has 0 aromatic carbocycles. The molecule has 1 saturated carbocycles. The summed E-state index contributed by atoms with van der Waals surface area (Å²) in [4.78, 5) is 11.5. The van der Waals surface area contributed by atoms with Gasteiger partial charge in [0.1, 0.15) is 5.54 Å². The van der Waals surface area contributed by atoms with E-state index in [2.05, 4.69) is 16.5 Å². The molecule has 0 radical (unpaired) electrons. The molecule has 0 aromatic rings. The maximum atomic E-state index is 11.5. The topological polar surface area (TPSA) is 117 Å². The average molecular weight is 241 g/mol. The molecule has 6 nitrogen and oxygen atoms in total. The largest absolute Gasteiger partial charge is 0.377 e. The smallest absolute Gasteiger partial charge is 0.231 e. The van der Waals surface area contributed by atoms with Crippen LogP contribution in [0.2, 0.25) is 0 Å². The highest BCUT2D eigenvalue weighted by Crippen LogP contribution is 2.39. The van der Waals surface area contributed by atoms with E-state index in [1.807, 2.05) is 0 Å². The molecule has 16 heavy (non-hydrogen) atoms. The van der Waals surface area contributed by atoms with Gasteiger partial charge in [-0.3, -0.25) is 4.79 Å². The minimum Gasteiger partial charge on any atom is -0.377 e. The summed E-state index contributed by atoms with van der Waals surface area (Å²) in [6.07, 6.45) is 1.98. The lowest BCUT2D eigenvalue weighted by molar-refractivity contribution is -0.119. The van der Waals surface area contributed by atoms with E-state index in [0.717, 1.165) is 24.6 Å². The zero-order valence-electron chi connectivity index (χ0n) is 9.06. The van der Waals surface area contributed by atoms with Gasteiger partial charge in [-0.15, -0.1) is 0 Å². The van der Waals surface area contributed by atoms with Crippen molar-refractivity contribution in [2.45, 2.75) is 25.3 Å². The van der Waals surface area contributed by atoms with Gasteiger partial charge in [0.25, 0.3) is 0 Å². The van der Waals surface area contributed by atoms with Crippen molar-refractivity contribution in [1.82, 2.24) is 5.32 Å². The quantitative estimate of drug-likeness (QED) is 0.271. The number of thioether (sulfide) groups is 1. The van der Waals surface area contributed by atoms with Crippen LogP contribution in [-0.4, -0.2) is 22.4 Å². The molecule has 0 saturated heterocycles. The number of carbonyl (C=O) groups is 1. The van der Waals surface area contributed by atoms with Crippen molar-refractivity contribution < 1.29 is 4.79 Å². The Kier molecular flexibility index (Phi) is 4.01. The number of amides is 1. The van der Waals surface area contributed by atoms with Crippen LogP contribution < -0.4 is 16.9 Å². The van der Waals surface area contributed by atoms with Crippen LogP contribution in [-0.2, 0) is 4.79 Å². The maximum absolute atomic E-state index is 11.5. The van der Waals surface area contributed by atoms with Gasteiger partial charge in [0, 0.05) is 0 Å². The van der Waals surface area contributed by atoms with Crippen LogP contribution in [0.25, 0.3) is 0 Å². The molecule has 1 aliphatic rings. The first-order valence-corrected chi connectivity index (χ1v) is 5.89. The Bertz CT molecular complexity index is 346. The average Bonchev–Trinajstić information content (AvgIpc) is 3.09. The SMILES string of the molecule is CC(C#N)(NC(=O)CSC(N)=NN)C1CC1. The standard InChI is InChI=1S/C9H15N5OS/c1-9(5-10,6-2-3-6)13-7(15)4-16-8(11)14-12/h6H,2-4,12H2,1H3,(H2,11,14)(H,13,15). The summed E-state index contributed by atoms with van der Waals surface area (Å²) in [5, 5.41) is 15.1. The normalized spacial score (nSPS) is 19.6. The van der Waals surface area contributed by atoms with Gasteiger partial charge in [0.05, 0.1) is 11.8 Å². The number of nitrogens with one attached hydrogen (secondary N) is 1. The van der Waals surface area contributed by atoms with E-state index in [1.54, 1.807) is 6.92 Å². The van der Waals surface area contributed by atoms with E-state index in [4.69, 9.17) is 16.8 Å². The number of hydrogen-bond donors (Lipinski definition) is 3. The highest BCUT2D eigenvalue weighted by atomic mass is 32.2. The van der Waals surface area contributed by atoms with E-state index in [1.165, 1.54) is 0 Å². The monoisotopic (exact) mass is 241 g/mol. The van der Waals surface area contributed by atoms with Gasteiger partial charge in [-0.2, -0.15) is 10.4 Å². The first kappa shape index (κ1) is 12.6. The zero-order chi connectivity index (χ0) is 12.2. The van der Waals surface area contributed by atoms with Gasteiger partial charge in [-0.25, -0.2) is 0 Å². The molecular weight excluding hydrogens is 226 g/mol. The number of rotatable bonds is 4. The Labute approximate surface area is 98.4 Å². The van der Waals surface area contributed by atoms with Gasteiger partial charge in [0.2, 0.25) is 5.91 Å². The third kappa shape index (κ3) is 3.31. The lowest BCUT2D eigenvalue weighted by Crippen LogP contribution is -2.47. The van der Waals surface area contributed by atoms with Crippen molar-refractivity contribution >= 4 is 22.8 Å².